The molecule has 1 heterocycles. The van der Waals surface area contributed by atoms with Gasteiger partial charge in [0.25, 0.3) is 0 Å². The molecule has 0 bridgehead atoms. The minimum atomic E-state index is -0.573. The summed E-state index contributed by atoms with van der Waals surface area (Å²) in [5.41, 5.74) is 1.23. The van der Waals surface area contributed by atoms with Gasteiger partial charge in [0.1, 0.15) is 5.75 Å². The van der Waals surface area contributed by atoms with Crippen LogP contribution in [0.4, 0.5) is 0 Å². The molecule has 0 saturated carbocycles. The molecule has 94 valence electrons. The fourth-order valence-corrected chi connectivity index (χ4v) is 3.38. The maximum absolute atomic E-state index is 11.2. The first-order chi connectivity index (χ1) is 8.24. The van der Waals surface area contributed by atoms with Crippen molar-refractivity contribution < 1.29 is 9.32 Å². The Balaban J connectivity index is 1.69. The molecule has 4 heteroatoms. The third kappa shape index (κ3) is 4.13. The highest BCUT2D eigenvalue weighted by molar-refractivity contribution is 7.85. The maximum atomic E-state index is 11.2. The highest BCUT2D eigenvalue weighted by Crippen LogP contribution is 2.11. The predicted molar refractivity (Wildman–Crippen MR) is 70.7 cm³/mol. The summed E-state index contributed by atoms with van der Waals surface area (Å²) < 4.78 is 11.2. The maximum Gasteiger partial charge on any atom is 0.115 e. The lowest BCUT2D eigenvalue weighted by Crippen LogP contribution is -2.36. The summed E-state index contributed by atoms with van der Waals surface area (Å²) in [4.78, 5) is 0. The summed E-state index contributed by atoms with van der Waals surface area (Å²) in [5, 5.41) is 12.7. The minimum Gasteiger partial charge on any atom is -0.508 e. The fraction of sp³-hybridized carbons (Fsp3) is 0.538. The molecule has 2 rings (SSSR count). The third-order valence-corrected chi connectivity index (χ3v) is 4.55. The molecule has 0 unspecified atom stereocenters. The van der Waals surface area contributed by atoms with Gasteiger partial charge in [-0.2, -0.15) is 0 Å². The first-order valence-corrected chi connectivity index (χ1v) is 7.59. The van der Waals surface area contributed by atoms with Crippen molar-refractivity contribution in [1.29, 1.82) is 0 Å². The molecule has 1 aliphatic heterocycles. The zero-order valence-electron chi connectivity index (χ0n) is 9.89. The standard InChI is InChI=1S/C13H19NO2S/c15-13-3-1-11(2-4-13)5-8-14-12-6-9-17(16)10-7-12/h1-4,12,14-15H,5-10H2. The van der Waals surface area contributed by atoms with Gasteiger partial charge in [-0.1, -0.05) is 12.1 Å². The molecule has 0 amide bonds. The second-order valence-corrected chi connectivity index (χ2v) is 6.19. The van der Waals surface area contributed by atoms with Gasteiger partial charge in [-0.3, -0.25) is 4.21 Å². The summed E-state index contributed by atoms with van der Waals surface area (Å²) in [6.07, 6.45) is 3.03. The van der Waals surface area contributed by atoms with Crippen LogP contribution in [-0.2, 0) is 17.2 Å². The smallest absolute Gasteiger partial charge is 0.115 e. The van der Waals surface area contributed by atoms with Crippen molar-refractivity contribution in [3.05, 3.63) is 29.8 Å². The van der Waals surface area contributed by atoms with Crippen LogP contribution in [0.1, 0.15) is 18.4 Å². The Morgan fingerprint density at radius 1 is 1.24 bits per heavy atom. The molecule has 1 aromatic carbocycles. The van der Waals surface area contributed by atoms with E-state index in [2.05, 4.69) is 5.32 Å². The van der Waals surface area contributed by atoms with E-state index in [-0.39, 0.29) is 0 Å². The van der Waals surface area contributed by atoms with E-state index in [1.165, 1.54) is 5.56 Å². The van der Waals surface area contributed by atoms with Crippen LogP contribution in [0.3, 0.4) is 0 Å². The molecular formula is C13H19NO2S. The monoisotopic (exact) mass is 253 g/mol. The molecule has 0 aliphatic carbocycles. The molecule has 1 aliphatic rings. The van der Waals surface area contributed by atoms with Crippen molar-refractivity contribution in [1.82, 2.24) is 5.32 Å². The Labute approximate surface area is 105 Å². The summed E-state index contributed by atoms with van der Waals surface area (Å²) in [7, 11) is -0.573. The van der Waals surface area contributed by atoms with E-state index in [0.717, 1.165) is 37.3 Å². The van der Waals surface area contributed by atoms with Crippen LogP contribution in [0, 0.1) is 0 Å². The van der Waals surface area contributed by atoms with Gasteiger partial charge in [0, 0.05) is 28.3 Å². The molecule has 0 aromatic heterocycles. The number of aromatic hydroxyl groups is 1. The molecular weight excluding hydrogens is 234 g/mol. The quantitative estimate of drug-likeness (QED) is 0.853. The normalized spacial score (nSPS) is 24.7. The lowest BCUT2D eigenvalue weighted by atomic mass is 10.1. The van der Waals surface area contributed by atoms with Crippen LogP contribution in [0.5, 0.6) is 5.75 Å². The number of phenolic OH excluding ortho intramolecular Hbond substituents is 1. The molecule has 0 radical (unpaired) electrons. The SMILES string of the molecule is O=S1CCC(NCCc2ccc(O)cc2)CC1. The van der Waals surface area contributed by atoms with E-state index in [1.807, 2.05) is 12.1 Å². The molecule has 17 heavy (non-hydrogen) atoms. The Morgan fingerprint density at radius 2 is 1.88 bits per heavy atom. The van der Waals surface area contributed by atoms with Crippen LogP contribution < -0.4 is 5.32 Å². The number of hydrogen-bond acceptors (Lipinski definition) is 3. The number of rotatable bonds is 4. The summed E-state index contributed by atoms with van der Waals surface area (Å²) in [6.45, 7) is 0.947. The first-order valence-electron chi connectivity index (χ1n) is 6.10. The van der Waals surface area contributed by atoms with Crippen molar-refractivity contribution in [2.24, 2.45) is 0 Å². The Hall–Kier alpha value is -0.870. The number of hydrogen-bond donors (Lipinski definition) is 2. The van der Waals surface area contributed by atoms with Gasteiger partial charge in [-0.25, -0.2) is 0 Å². The second kappa shape index (κ2) is 6.17. The predicted octanol–water partition coefficient (Wildman–Crippen LogP) is 1.44. The van der Waals surface area contributed by atoms with Gasteiger partial charge < -0.3 is 10.4 Å². The van der Waals surface area contributed by atoms with Crippen molar-refractivity contribution in [3.63, 3.8) is 0 Å². The zero-order valence-corrected chi connectivity index (χ0v) is 10.7. The van der Waals surface area contributed by atoms with E-state index in [1.54, 1.807) is 12.1 Å². The van der Waals surface area contributed by atoms with Crippen LogP contribution >= 0.6 is 0 Å². The van der Waals surface area contributed by atoms with Crippen molar-refractivity contribution >= 4 is 10.8 Å². The number of nitrogens with one attached hydrogen (secondary N) is 1. The van der Waals surface area contributed by atoms with Crippen molar-refractivity contribution in [3.8, 4) is 5.75 Å². The number of phenols is 1. The van der Waals surface area contributed by atoms with E-state index in [4.69, 9.17) is 5.11 Å². The van der Waals surface area contributed by atoms with E-state index in [9.17, 15) is 4.21 Å². The van der Waals surface area contributed by atoms with Gasteiger partial charge in [-0.05, 0) is 43.5 Å². The van der Waals surface area contributed by atoms with Crippen molar-refractivity contribution in [2.45, 2.75) is 25.3 Å². The third-order valence-electron chi connectivity index (χ3n) is 3.17. The molecule has 0 spiro atoms. The average molecular weight is 253 g/mol. The van der Waals surface area contributed by atoms with Crippen LogP contribution in [0.2, 0.25) is 0 Å². The molecule has 1 aromatic rings. The van der Waals surface area contributed by atoms with Gasteiger partial charge in [-0.15, -0.1) is 0 Å². The van der Waals surface area contributed by atoms with Gasteiger partial charge in [0.2, 0.25) is 0 Å². The Morgan fingerprint density at radius 3 is 2.53 bits per heavy atom. The topological polar surface area (TPSA) is 49.3 Å². The van der Waals surface area contributed by atoms with Gasteiger partial charge in [0.05, 0.1) is 0 Å². The lowest BCUT2D eigenvalue weighted by Gasteiger charge is -2.22. The van der Waals surface area contributed by atoms with Gasteiger partial charge in [0.15, 0.2) is 0 Å². The highest BCUT2D eigenvalue weighted by atomic mass is 32.2. The van der Waals surface area contributed by atoms with E-state index < -0.39 is 10.8 Å². The molecule has 3 nitrogen and oxygen atoms in total. The summed E-state index contributed by atoms with van der Waals surface area (Å²) in [5.74, 6) is 2.00. The molecule has 2 N–H and O–H groups in total. The summed E-state index contributed by atoms with van der Waals surface area (Å²) >= 11 is 0. The first kappa shape index (κ1) is 12.6. The summed E-state index contributed by atoms with van der Waals surface area (Å²) in [6, 6.07) is 7.88. The average Bonchev–Trinajstić information content (AvgIpc) is 2.34. The Kier molecular flexibility index (Phi) is 4.57. The van der Waals surface area contributed by atoms with Crippen LogP contribution in [0.15, 0.2) is 24.3 Å². The second-order valence-electron chi connectivity index (χ2n) is 4.49. The number of benzene rings is 1. The lowest BCUT2D eigenvalue weighted by molar-refractivity contribution is 0.473. The zero-order chi connectivity index (χ0) is 12.1. The molecule has 1 fully saturated rings. The van der Waals surface area contributed by atoms with Crippen LogP contribution in [0.25, 0.3) is 0 Å². The minimum absolute atomic E-state index is 0.316. The highest BCUT2D eigenvalue weighted by Gasteiger charge is 2.16. The van der Waals surface area contributed by atoms with E-state index in [0.29, 0.717) is 11.8 Å². The van der Waals surface area contributed by atoms with Crippen LogP contribution in [-0.4, -0.2) is 33.4 Å². The fourth-order valence-electron chi connectivity index (χ4n) is 2.08. The largest absolute Gasteiger partial charge is 0.508 e. The van der Waals surface area contributed by atoms with E-state index >= 15 is 0 Å². The molecule has 0 atom stereocenters. The Bertz CT molecular complexity index is 368. The van der Waals surface area contributed by atoms with Crippen molar-refractivity contribution in [2.75, 3.05) is 18.1 Å². The van der Waals surface area contributed by atoms with Gasteiger partial charge >= 0.3 is 0 Å². The molecule has 1 saturated heterocycles.